The van der Waals surface area contributed by atoms with Gasteiger partial charge in [-0.15, -0.1) is 0 Å². The lowest BCUT2D eigenvalue weighted by molar-refractivity contribution is -0.119. The largest absolute Gasteiger partial charge is 0.368 e. The van der Waals surface area contributed by atoms with Crippen LogP contribution in [0.3, 0.4) is 0 Å². The number of aromatic nitrogens is 2. The van der Waals surface area contributed by atoms with Crippen molar-refractivity contribution >= 4 is 5.91 Å². The summed E-state index contributed by atoms with van der Waals surface area (Å²) in [7, 11) is 0. The van der Waals surface area contributed by atoms with Crippen molar-refractivity contribution in [3.05, 3.63) is 18.5 Å². The van der Waals surface area contributed by atoms with Crippen LogP contribution in [0.5, 0.6) is 0 Å². The Balaban J connectivity index is 2.18. The maximum atomic E-state index is 10.6. The van der Waals surface area contributed by atoms with Crippen LogP contribution in [0.4, 0.5) is 0 Å². The number of nitrogens with two attached hydrogens (primary N) is 2. The quantitative estimate of drug-likeness (QED) is 0.642. The first kappa shape index (κ1) is 9.73. The van der Waals surface area contributed by atoms with Crippen LogP contribution >= 0.6 is 0 Å². The van der Waals surface area contributed by atoms with Crippen molar-refractivity contribution in [3.63, 3.8) is 0 Å². The minimum absolute atomic E-state index is 0.444. The first-order valence-corrected chi connectivity index (χ1v) is 4.22. The second kappa shape index (κ2) is 4.61. The first-order chi connectivity index (χ1) is 6.20. The lowest BCUT2D eigenvalue weighted by Crippen LogP contribution is -2.36. The minimum Gasteiger partial charge on any atom is -0.368 e. The molecule has 1 aromatic rings. The van der Waals surface area contributed by atoms with E-state index in [4.69, 9.17) is 11.5 Å². The molecule has 1 amide bonds. The van der Waals surface area contributed by atoms with E-state index in [2.05, 4.69) is 5.10 Å². The van der Waals surface area contributed by atoms with Gasteiger partial charge in [-0.25, -0.2) is 0 Å². The summed E-state index contributed by atoms with van der Waals surface area (Å²) >= 11 is 0. The predicted octanol–water partition coefficient (Wildman–Crippen LogP) is -0.524. The molecule has 0 bridgehead atoms. The number of hydrogen-bond donors (Lipinski definition) is 2. The number of hydrogen-bond acceptors (Lipinski definition) is 3. The van der Waals surface area contributed by atoms with Crippen LogP contribution in [-0.4, -0.2) is 21.7 Å². The zero-order valence-electron chi connectivity index (χ0n) is 7.39. The highest BCUT2D eigenvalue weighted by Crippen LogP contribution is 1.97. The summed E-state index contributed by atoms with van der Waals surface area (Å²) < 4.78 is 1.80. The highest BCUT2D eigenvalue weighted by atomic mass is 16.1. The number of nitrogens with zero attached hydrogens (tertiary/aromatic N) is 2. The van der Waals surface area contributed by atoms with Gasteiger partial charge in [0.05, 0.1) is 6.04 Å². The maximum Gasteiger partial charge on any atom is 0.234 e. The summed E-state index contributed by atoms with van der Waals surface area (Å²) in [5.41, 5.74) is 10.5. The number of aryl methyl sites for hydroxylation is 1. The summed E-state index contributed by atoms with van der Waals surface area (Å²) in [5, 5.41) is 4.02. The van der Waals surface area contributed by atoms with E-state index in [1.54, 1.807) is 10.9 Å². The molecule has 1 atom stereocenters. The van der Waals surface area contributed by atoms with Crippen LogP contribution in [0.2, 0.25) is 0 Å². The summed E-state index contributed by atoms with van der Waals surface area (Å²) in [6.45, 7) is 0.772. The Morgan fingerprint density at radius 2 is 2.38 bits per heavy atom. The SMILES string of the molecule is NC(=O)C(N)CCCn1cccn1. The van der Waals surface area contributed by atoms with Gasteiger partial charge in [0.1, 0.15) is 0 Å². The molecule has 13 heavy (non-hydrogen) atoms. The van der Waals surface area contributed by atoms with Crippen LogP contribution in [0.15, 0.2) is 18.5 Å². The van der Waals surface area contributed by atoms with Gasteiger partial charge in [0.15, 0.2) is 0 Å². The van der Waals surface area contributed by atoms with E-state index in [9.17, 15) is 4.79 Å². The average Bonchev–Trinajstić information content (AvgIpc) is 2.56. The Bertz CT molecular complexity index is 257. The van der Waals surface area contributed by atoms with E-state index in [1.807, 2.05) is 12.3 Å². The number of rotatable bonds is 5. The van der Waals surface area contributed by atoms with Gasteiger partial charge in [-0.3, -0.25) is 9.48 Å². The fourth-order valence-electron chi connectivity index (χ4n) is 1.05. The molecule has 0 spiro atoms. The van der Waals surface area contributed by atoms with Gasteiger partial charge in [-0.1, -0.05) is 0 Å². The predicted molar refractivity (Wildman–Crippen MR) is 48.6 cm³/mol. The molecule has 72 valence electrons. The van der Waals surface area contributed by atoms with E-state index in [0.717, 1.165) is 13.0 Å². The van der Waals surface area contributed by atoms with Gasteiger partial charge in [0.2, 0.25) is 5.91 Å². The van der Waals surface area contributed by atoms with E-state index in [-0.39, 0.29) is 0 Å². The molecular weight excluding hydrogens is 168 g/mol. The van der Waals surface area contributed by atoms with Crippen molar-refractivity contribution in [3.8, 4) is 0 Å². The molecule has 0 aliphatic rings. The van der Waals surface area contributed by atoms with Crippen LogP contribution in [-0.2, 0) is 11.3 Å². The normalized spacial score (nSPS) is 12.7. The highest BCUT2D eigenvalue weighted by molar-refractivity contribution is 5.79. The zero-order chi connectivity index (χ0) is 9.68. The average molecular weight is 182 g/mol. The van der Waals surface area contributed by atoms with Gasteiger partial charge in [-0.05, 0) is 18.9 Å². The lowest BCUT2D eigenvalue weighted by atomic mass is 10.1. The molecule has 1 aromatic heterocycles. The third kappa shape index (κ3) is 3.25. The van der Waals surface area contributed by atoms with Crippen molar-refractivity contribution < 1.29 is 4.79 Å². The number of primary amides is 1. The molecule has 1 heterocycles. The fourth-order valence-corrected chi connectivity index (χ4v) is 1.05. The summed E-state index contributed by atoms with van der Waals surface area (Å²) in [4.78, 5) is 10.6. The summed E-state index contributed by atoms with van der Waals surface area (Å²) in [6, 6.07) is 1.32. The molecule has 5 heteroatoms. The molecule has 0 aliphatic heterocycles. The van der Waals surface area contributed by atoms with Crippen LogP contribution in [0.1, 0.15) is 12.8 Å². The fraction of sp³-hybridized carbons (Fsp3) is 0.500. The summed E-state index contributed by atoms with van der Waals surface area (Å²) in [6.07, 6.45) is 5.00. The molecule has 5 nitrogen and oxygen atoms in total. The van der Waals surface area contributed by atoms with Crippen LogP contribution < -0.4 is 11.5 Å². The zero-order valence-corrected chi connectivity index (χ0v) is 7.39. The van der Waals surface area contributed by atoms with Gasteiger partial charge < -0.3 is 11.5 Å². The Morgan fingerprint density at radius 3 is 2.92 bits per heavy atom. The Labute approximate surface area is 76.7 Å². The molecule has 0 radical (unpaired) electrons. The Morgan fingerprint density at radius 1 is 1.62 bits per heavy atom. The molecule has 0 saturated heterocycles. The highest BCUT2D eigenvalue weighted by Gasteiger charge is 2.07. The molecule has 0 aliphatic carbocycles. The number of carbonyl (C=O) groups is 1. The number of carbonyl (C=O) groups excluding carboxylic acids is 1. The van der Waals surface area contributed by atoms with Gasteiger partial charge in [-0.2, -0.15) is 5.10 Å². The maximum absolute atomic E-state index is 10.6. The molecule has 0 saturated carbocycles. The minimum atomic E-state index is -0.532. The van der Waals surface area contributed by atoms with Crippen LogP contribution in [0, 0.1) is 0 Å². The Kier molecular flexibility index (Phi) is 3.45. The second-order valence-electron chi connectivity index (χ2n) is 2.92. The van der Waals surface area contributed by atoms with E-state index >= 15 is 0 Å². The number of amides is 1. The third-order valence-corrected chi connectivity index (χ3v) is 1.83. The third-order valence-electron chi connectivity index (χ3n) is 1.83. The van der Waals surface area contributed by atoms with Crippen LogP contribution in [0.25, 0.3) is 0 Å². The van der Waals surface area contributed by atoms with Crippen molar-refractivity contribution in [2.45, 2.75) is 25.4 Å². The first-order valence-electron chi connectivity index (χ1n) is 4.22. The molecule has 0 aromatic carbocycles. The van der Waals surface area contributed by atoms with Crippen molar-refractivity contribution in [1.29, 1.82) is 0 Å². The lowest BCUT2D eigenvalue weighted by Gasteiger charge is -2.06. The second-order valence-corrected chi connectivity index (χ2v) is 2.92. The molecular formula is C8H14N4O. The smallest absolute Gasteiger partial charge is 0.234 e. The van der Waals surface area contributed by atoms with Gasteiger partial charge in [0, 0.05) is 18.9 Å². The van der Waals surface area contributed by atoms with Crippen molar-refractivity contribution in [2.75, 3.05) is 0 Å². The monoisotopic (exact) mass is 182 g/mol. The Hall–Kier alpha value is -1.36. The van der Waals surface area contributed by atoms with Crippen molar-refractivity contribution in [1.82, 2.24) is 9.78 Å². The van der Waals surface area contributed by atoms with Gasteiger partial charge in [0.25, 0.3) is 0 Å². The van der Waals surface area contributed by atoms with E-state index in [0.29, 0.717) is 6.42 Å². The standard InChI is InChI=1S/C8H14N4O/c9-7(8(10)13)3-1-5-12-6-2-4-11-12/h2,4,6-7H,1,3,5,9H2,(H2,10,13). The van der Waals surface area contributed by atoms with Crippen molar-refractivity contribution in [2.24, 2.45) is 11.5 Å². The van der Waals surface area contributed by atoms with E-state index < -0.39 is 11.9 Å². The molecule has 0 fully saturated rings. The van der Waals surface area contributed by atoms with E-state index in [1.165, 1.54) is 0 Å². The van der Waals surface area contributed by atoms with Gasteiger partial charge >= 0.3 is 0 Å². The topological polar surface area (TPSA) is 86.9 Å². The summed E-state index contributed by atoms with van der Waals surface area (Å²) in [5.74, 6) is -0.444. The molecule has 1 rings (SSSR count). The molecule has 1 unspecified atom stereocenters. The molecule has 4 N–H and O–H groups in total.